The van der Waals surface area contributed by atoms with E-state index >= 15 is 0 Å². The lowest BCUT2D eigenvalue weighted by atomic mass is 10.1. The number of hydrogen-bond donors (Lipinski definition) is 0. The van der Waals surface area contributed by atoms with E-state index in [1.54, 1.807) is 12.4 Å². The Kier molecular flexibility index (Phi) is 6.97. The highest BCUT2D eigenvalue weighted by molar-refractivity contribution is 7.99. The van der Waals surface area contributed by atoms with Gasteiger partial charge in [-0.15, -0.1) is 10.2 Å². The minimum Gasteiger partial charge on any atom is -0.494 e. The van der Waals surface area contributed by atoms with Crippen LogP contribution >= 0.6 is 11.8 Å². The van der Waals surface area contributed by atoms with Crippen LogP contribution in [-0.4, -0.2) is 37.9 Å². The van der Waals surface area contributed by atoms with Crippen LogP contribution < -0.4 is 4.74 Å². The van der Waals surface area contributed by atoms with Crippen molar-refractivity contribution in [1.82, 2.24) is 19.7 Å². The average Bonchev–Trinajstić information content (AvgIpc) is 3.28. The van der Waals surface area contributed by atoms with E-state index in [-0.39, 0.29) is 11.5 Å². The van der Waals surface area contributed by atoms with Gasteiger partial charge < -0.3 is 4.74 Å². The fourth-order valence-electron chi connectivity index (χ4n) is 3.28. The zero-order chi connectivity index (χ0) is 22.3. The van der Waals surface area contributed by atoms with Crippen molar-refractivity contribution in [3.05, 3.63) is 84.2 Å². The van der Waals surface area contributed by atoms with E-state index in [9.17, 15) is 4.79 Å². The number of aromatic nitrogens is 4. The Labute approximate surface area is 191 Å². The first-order chi connectivity index (χ1) is 15.7. The molecular weight excluding hydrogens is 420 g/mol. The zero-order valence-corrected chi connectivity index (χ0v) is 18.9. The van der Waals surface area contributed by atoms with Gasteiger partial charge in [-0.2, -0.15) is 0 Å². The van der Waals surface area contributed by atoms with E-state index < -0.39 is 0 Å². The minimum atomic E-state index is 0.0596. The molecular formula is C25H24N4O2S. The standard InChI is InChI=1S/C25H24N4O2S/c1-3-18-5-7-19(8-6-18)23(30)17-32-25-28-27-24(20-13-15-26-16-14-20)29(25)21-9-11-22(12-10-21)31-4-2/h5-16H,3-4,17H2,1-2H3. The Hall–Kier alpha value is -3.45. The molecule has 0 saturated heterocycles. The number of carbonyl (C=O) groups excluding carboxylic acids is 1. The molecule has 0 saturated carbocycles. The fraction of sp³-hybridized carbons (Fsp3) is 0.200. The number of ether oxygens (including phenoxy) is 1. The number of ketones is 1. The van der Waals surface area contributed by atoms with Crippen LogP contribution in [0.25, 0.3) is 17.1 Å². The van der Waals surface area contributed by atoms with Crippen molar-refractivity contribution in [2.24, 2.45) is 0 Å². The predicted octanol–water partition coefficient (Wildman–Crippen LogP) is 5.27. The maximum atomic E-state index is 12.8. The summed E-state index contributed by atoms with van der Waals surface area (Å²) in [6, 6.07) is 19.3. The highest BCUT2D eigenvalue weighted by Gasteiger charge is 2.18. The number of carbonyl (C=O) groups is 1. The largest absolute Gasteiger partial charge is 0.494 e. The minimum absolute atomic E-state index is 0.0596. The Bertz CT molecular complexity index is 1170. The number of nitrogens with zero attached hydrogens (tertiary/aromatic N) is 4. The quantitative estimate of drug-likeness (QED) is 0.259. The number of aryl methyl sites for hydroxylation is 1. The highest BCUT2D eigenvalue weighted by atomic mass is 32.2. The molecule has 2 heterocycles. The SMILES string of the molecule is CCOc1ccc(-n2c(SCC(=O)c3ccc(CC)cc3)nnc2-c2ccncc2)cc1. The summed E-state index contributed by atoms with van der Waals surface area (Å²) in [6.45, 7) is 4.66. The Morgan fingerprint density at radius 1 is 0.938 bits per heavy atom. The molecule has 4 aromatic rings. The summed E-state index contributed by atoms with van der Waals surface area (Å²) >= 11 is 1.38. The van der Waals surface area contributed by atoms with Gasteiger partial charge in [-0.25, -0.2) is 0 Å². The molecule has 4 rings (SSSR count). The first-order valence-corrected chi connectivity index (χ1v) is 11.5. The van der Waals surface area contributed by atoms with Crippen LogP contribution in [0.1, 0.15) is 29.8 Å². The molecule has 0 aliphatic carbocycles. The lowest BCUT2D eigenvalue weighted by Crippen LogP contribution is -2.05. The van der Waals surface area contributed by atoms with Crippen LogP contribution in [0.15, 0.2) is 78.2 Å². The van der Waals surface area contributed by atoms with Gasteiger partial charge in [-0.05, 0) is 55.3 Å². The molecule has 0 unspecified atom stereocenters. The molecule has 0 aliphatic rings. The number of benzene rings is 2. The van der Waals surface area contributed by atoms with Gasteiger partial charge in [0.05, 0.1) is 12.4 Å². The van der Waals surface area contributed by atoms with Crippen LogP contribution in [-0.2, 0) is 6.42 Å². The van der Waals surface area contributed by atoms with E-state index in [0.717, 1.165) is 23.4 Å². The molecule has 6 nitrogen and oxygen atoms in total. The molecule has 32 heavy (non-hydrogen) atoms. The Morgan fingerprint density at radius 3 is 2.31 bits per heavy atom. The van der Waals surface area contributed by atoms with Gasteiger partial charge in [0.15, 0.2) is 16.8 Å². The molecule has 0 bridgehead atoms. The zero-order valence-electron chi connectivity index (χ0n) is 18.1. The smallest absolute Gasteiger partial charge is 0.196 e. The number of thioether (sulfide) groups is 1. The van der Waals surface area contributed by atoms with Crippen LogP contribution in [0, 0.1) is 0 Å². The topological polar surface area (TPSA) is 69.9 Å². The van der Waals surface area contributed by atoms with E-state index in [2.05, 4.69) is 22.1 Å². The van der Waals surface area contributed by atoms with Gasteiger partial charge >= 0.3 is 0 Å². The van der Waals surface area contributed by atoms with Crippen LogP contribution in [0.4, 0.5) is 0 Å². The maximum absolute atomic E-state index is 12.8. The maximum Gasteiger partial charge on any atom is 0.196 e. The van der Waals surface area contributed by atoms with Crippen molar-refractivity contribution >= 4 is 17.5 Å². The van der Waals surface area contributed by atoms with Crippen LogP contribution in [0.5, 0.6) is 5.75 Å². The third-order valence-corrected chi connectivity index (χ3v) is 5.92. The first-order valence-electron chi connectivity index (χ1n) is 10.5. The second-order valence-corrected chi connectivity index (χ2v) is 8.01. The molecule has 0 N–H and O–H groups in total. The molecule has 2 aromatic carbocycles. The van der Waals surface area contributed by atoms with Gasteiger partial charge in [-0.3, -0.25) is 14.3 Å². The van der Waals surface area contributed by atoms with Gasteiger partial charge in [-0.1, -0.05) is 43.0 Å². The molecule has 7 heteroatoms. The number of pyridine rings is 1. The molecule has 0 aliphatic heterocycles. The van der Waals surface area contributed by atoms with Crippen LogP contribution in [0.2, 0.25) is 0 Å². The Morgan fingerprint density at radius 2 is 1.66 bits per heavy atom. The Balaban J connectivity index is 1.62. The van der Waals surface area contributed by atoms with Gasteiger partial charge in [0.2, 0.25) is 0 Å². The second-order valence-electron chi connectivity index (χ2n) is 7.07. The molecule has 162 valence electrons. The van der Waals surface area contributed by atoms with Gasteiger partial charge in [0.1, 0.15) is 5.75 Å². The summed E-state index contributed by atoms with van der Waals surface area (Å²) in [7, 11) is 0. The highest BCUT2D eigenvalue weighted by Crippen LogP contribution is 2.29. The molecule has 0 radical (unpaired) electrons. The van der Waals surface area contributed by atoms with E-state index in [4.69, 9.17) is 4.74 Å². The fourth-order valence-corrected chi connectivity index (χ4v) is 4.13. The van der Waals surface area contributed by atoms with Gasteiger partial charge in [0, 0.05) is 29.2 Å². The van der Waals surface area contributed by atoms with Crippen molar-refractivity contribution < 1.29 is 9.53 Å². The van der Waals surface area contributed by atoms with Crippen LogP contribution in [0.3, 0.4) is 0 Å². The lowest BCUT2D eigenvalue weighted by molar-refractivity contribution is 0.102. The van der Waals surface area contributed by atoms with E-state index in [1.165, 1.54) is 17.3 Å². The monoisotopic (exact) mass is 444 g/mol. The third-order valence-electron chi connectivity index (χ3n) is 4.99. The molecule has 0 spiro atoms. The van der Waals surface area contributed by atoms with Crippen molar-refractivity contribution in [2.75, 3.05) is 12.4 Å². The number of hydrogen-bond acceptors (Lipinski definition) is 6. The average molecular weight is 445 g/mol. The second kappa shape index (κ2) is 10.2. The van der Waals surface area contributed by atoms with E-state index in [0.29, 0.717) is 23.2 Å². The van der Waals surface area contributed by atoms with Crippen molar-refractivity contribution in [2.45, 2.75) is 25.4 Å². The summed E-state index contributed by atoms with van der Waals surface area (Å²) in [4.78, 5) is 16.8. The predicted molar refractivity (Wildman–Crippen MR) is 127 cm³/mol. The summed E-state index contributed by atoms with van der Waals surface area (Å²) in [6.07, 6.45) is 4.40. The third kappa shape index (κ3) is 4.89. The van der Waals surface area contributed by atoms with Crippen molar-refractivity contribution in [3.63, 3.8) is 0 Å². The van der Waals surface area contributed by atoms with E-state index in [1.807, 2.05) is 72.2 Å². The van der Waals surface area contributed by atoms with Crippen molar-refractivity contribution in [1.29, 1.82) is 0 Å². The summed E-state index contributed by atoms with van der Waals surface area (Å²) < 4.78 is 7.53. The summed E-state index contributed by atoms with van der Waals surface area (Å²) in [5.74, 6) is 1.83. The molecule has 0 amide bonds. The summed E-state index contributed by atoms with van der Waals surface area (Å²) in [5, 5.41) is 9.46. The number of Topliss-reactive ketones (excluding diaryl/α,β-unsaturated/α-hetero) is 1. The molecule has 2 aromatic heterocycles. The lowest BCUT2D eigenvalue weighted by Gasteiger charge is -2.11. The van der Waals surface area contributed by atoms with Crippen molar-refractivity contribution in [3.8, 4) is 22.8 Å². The normalized spacial score (nSPS) is 10.8. The summed E-state index contributed by atoms with van der Waals surface area (Å²) in [5.41, 5.74) is 3.71. The molecule has 0 atom stereocenters. The first kappa shape index (κ1) is 21.8. The number of rotatable bonds is 9. The van der Waals surface area contributed by atoms with Gasteiger partial charge in [0.25, 0.3) is 0 Å². The molecule has 0 fully saturated rings.